The van der Waals surface area contributed by atoms with Crippen LogP contribution in [0.5, 0.6) is 5.75 Å². The fourth-order valence-corrected chi connectivity index (χ4v) is 2.85. The van der Waals surface area contributed by atoms with Crippen LogP contribution < -0.4 is 15.0 Å². The molecule has 1 amide bonds. The van der Waals surface area contributed by atoms with Crippen molar-refractivity contribution in [2.45, 2.75) is 13.8 Å². The highest BCUT2D eigenvalue weighted by molar-refractivity contribution is 7.80. The maximum Gasteiger partial charge on any atom is 0.281 e. The monoisotopic (exact) mass is 342 g/mol. The molecule has 0 spiro atoms. The summed E-state index contributed by atoms with van der Waals surface area (Å²) in [6.45, 7) is 4.40. The smallest absolute Gasteiger partial charge is 0.281 e. The Balaban J connectivity index is 1.86. The van der Waals surface area contributed by atoms with Crippen molar-refractivity contribution in [1.82, 2.24) is 15.1 Å². The zero-order chi connectivity index (χ0) is 17.3. The Morgan fingerprint density at radius 2 is 2.04 bits per heavy atom. The summed E-state index contributed by atoms with van der Waals surface area (Å²) in [6.07, 6.45) is 3.55. The van der Waals surface area contributed by atoms with Crippen LogP contribution in [0.3, 0.4) is 0 Å². The van der Waals surface area contributed by atoms with Crippen LogP contribution in [0.25, 0.3) is 6.08 Å². The molecule has 1 saturated heterocycles. The van der Waals surface area contributed by atoms with Crippen LogP contribution >= 0.6 is 12.2 Å². The summed E-state index contributed by atoms with van der Waals surface area (Å²) in [7, 11) is 1.81. The highest BCUT2D eigenvalue weighted by Crippen LogP contribution is 2.25. The lowest BCUT2D eigenvalue weighted by Crippen LogP contribution is -2.30. The molecule has 1 aliphatic rings. The fraction of sp³-hybridized carbons (Fsp3) is 0.235. The van der Waals surface area contributed by atoms with Gasteiger partial charge in [-0.05, 0) is 49.8 Å². The molecule has 0 bridgehead atoms. The summed E-state index contributed by atoms with van der Waals surface area (Å²) in [5.41, 5.74) is 2.77. The zero-order valence-corrected chi connectivity index (χ0v) is 14.6. The second kappa shape index (κ2) is 6.45. The number of thiocarbonyl (C=S) groups is 1. The first kappa shape index (κ1) is 16.2. The van der Waals surface area contributed by atoms with Crippen LogP contribution in [0.15, 0.2) is 36.2 Å². The van der Waals surface area contributed by atoms with Gasteiger partial charge in [0.05, 0.1) is 18.0 Å². The second-order valence-electron chi connectivity index (χ2n) is 5.40. The number of carbonyl (C=O) groups is 1. The van der Waals surface area contributed by atoms with E-state index in [1.165, 1.54) is 4.90 Å². The third-order valence-electron chi connectivity index (χ3n) is 3.61. The number of aromatic nitrogens is 2. The van der Waals surface area contributed by atoms with E-state index in [1.54, 1.807) is 17.0 Å². The van der Waals surface area contributed by atoms with E-state index in [1.807, 2.05) is 45.2 Å². The first-order valence-electron chi connectivity index (χ1n) is 7.60. The van der Waals surface area contributed by atoms with Crippen molar-refractivity contribution < 1.29 is 9.53 Å². The Morgan fingerprint density at radius 1 is 1.33 bits per heavy atom. The SMILES string of the molecule is CCOc1ccc(/C=C2/NC(=S)N(c3cn(C)nc3C)C2=O)cc1. The van der Waals surface area contributed by atoms with E-state index in [0.717, 1.165) is 17.0 Å². The van der Waals surface area contributed by atoms with Gasteiger partial charge < -0.3 is 10.1 Å². The predicted molar refractivity (Wildman–Crippen MR) is 96.8 cm³/mol. The molecule has 0 aliphatic carbocycles. The highest BCUT2D eigenvalue weighted by atomic mass is 32.1. The van der Waals surface area contributed by atoms with E-state index >= 15 is 0 Å². The first-order valence-corrected chi connectivity index (χ1v) is 8.00. The van der Waals surface area contributed by atoms with Gasteiger partial charge >= 0.3 is 0 Å². The van der Waals surface area contributed by atoms with Crippen molar-refractivity contribution in [3.8, 4) is 5.75 Å². The van der Waals surface area contributed by atoms with Crippen molar-refractivity contribution in [1.29, 1.82) is 0 Å². The molecule has 1 aromatic carbocycles. The van der Waals surface area contributed by atoms with Gasteiger partial charge in [0.1, 0.15) is 11.4 Å². The molecular weight excluding hydrogens is 324 g/mol. The van der Waals surface area contributed by atoms with Gasteiger partial charge in [-0.2, -0.15) is 5.10 Å². The number of rotatable bonds is 4. The number of carbonyl (C=O) groups excluding carboxylic acids is 1. The normalized spacial score (nSPS) is 16.0. The molecule has 6 nitrogen and oxygen atoms in total. The van der Waals surface area contributed by atoms with Crippen LogP contribution in [0, 0.1) is 6.92 Å². The standard InChI is InChI=1S/C17H18N4O2S/c1-4-23-13-7-5-12(6-8-13)9-14-16(22)21(17(24)18-14)15-10-20(3)19-11(15)2/h5-10H,4H2,1-3H3,(H,18,24)/b14-9+. The molecule has 124 valence electrons. The van der Waals surface area contributed by atoms with Crippen molar-refractivity contribution in [3.63, 3.8) is 0 Å². The quantitative estimate of drug-likeness (QED) is 0.683. The molecule has 0 radical (unpaired) electrons. The van der Waals surface area contributed by atoms with Crippen molar-refractivity contribution >= 4 is 35.0 Å². The number of ether oxygens (including phenoxy) is 1. The lowest BCUT2D eigenvalue weighted by atomic mass is 10.2. The summed E-state index contributed by atoms with van der Waals surface area (Å²) in [5.74, 6) is 0.610. The van der Waals surface area contributed by atoms with E-state index in [0.29, 0.717) is 23.1 Å². The Labute approximate surface area is 145 Å². The van der Waals surface area contributed by atoms with E-state index in [4.69, 9.17) is 17.0 Å². The zero-order valence-electron chi connectivity index (χ0n) is 13.7. The Kier molecular flexibility index (Phi) is 4.35. The molecule has 0 unspecified atom stereocenters. The minimum atomic E-state index is -0.190. The van der Waals surface area contributed by atoms with E-state index < -0.39 is 0 Å². The maximum absolute atomic E-state index is 12.7. The van der Waals surface area contributed by atoms with Gasteiger partial charge in [-0.15, -0.1) is 0 Å². The van der Waals surface area contributed by atoms with Crippen molar-refractivity contribution in [3.05, 3.63) is 47.4 Å². The number of hydrogen-bond acceptors (Lipinski definition) is 4. The Hall–Kier alpha value is -2.67. The first-order chi connectivity index (χ1) is 11.5. The van der Waals surface area contributed by atoms with E-state index in [-0.39, 0.29) is 5.91 Å². The average molecular weight is 342 g/mol. The maximum atomic E-state index is 12.7. The van der Waals surface area contributed by atoms with Crippen LogP contribution in [-0.4, -0.2) is 27.4 Å². The molecule has 2 aromatic rings. The topological polar surface area (TPSA) is 59.4 Å². The van der Waals surface area contributed by atoms with Crippen molar-refractivity contribution in [2.24, 2.45) is 7.05 Å². The number of anilines is 1. The molecule has 0 saturated carbocycles. The summed E-state index contributed by atoms with van der Waals surface area (Å²) in [5, 5.41) is 7.60. The van der Waals surface area contributed by atoms with Gasteiger partial charge in [0.2, 0.25) is 0 Å². The summed E-state index contributed by atoms with van der Waals surface area (Å²) < 4.78 is 7.08. The largest absolute Gasteiger partial charge is 0.494 e. The molecule has 24 heavy (non-hydrogen) atoms. The third-order valence-corrected chi connectivity index (χ3v) is 3.89. The van der Waals surface area contributed by atoms with Gasteiger partial charge in [-0.3, -0.25) is 9.48 Å². The number of benzene rings is 1. The average Bonchev–Trinajstić information content (AvgIpc) is 3.00. The van der Waals surface area contributed by atoms with Crippen LogP contribution in [0.1, 0.15) is 18.2 Å². The molecule has 7 heteroatoms. The molecule has 2 heterocycles. The molecule has 1 aliphatic heterocycles. The minimum absolute atomic E-state index is 0.190. The highest BCUT2D eigenvalue weighted by Gasteiger charge is 2.33. The number of hydrogen-bond donors (Lipinski definition) is 1. The van der Waals surface area contributed by atoms with Gasteiger partial charge in [0, 0.05) is 13.2 Å². The van der Waals surface area contributed by atoms with Gasteiger partial charge in [-0.1, -0.05) is 12.1 Å². The molecule has 1 aromatic heterocycles. The van der Waals surface area contributed by atoms with Crippen LogP contribution in [-0.2, 0) is 11.8 Å². The fourth-order valence-electron chi connectivity index (χ4n) is 2.55. The second-order valence-corrected chi connectivity index (χ2v) is 5.79. The van der Waals surface area contributed by atoms with Gasteiger partial charge in [-0.25, -0.2) is 4.90 Å². The molecule has 3 rings (SSSR count). The lowest BCUT2D eigenvalue weighted by molar-refractivity contribution is -0.113. The Morgan fingerprint density at radius 3 is 2.62 bits per heavy atom. The lowest BCUT2D eigenvalue weighted by Gasteiger charge is -2.11. The number of nitrogens with zero attached hydrogens (tertiary/aromatic N) is 3. The van der Waals surface area contributed by atoms with Crippen molar-refractivity contribution in [2.75, 3.05) is 11.5 Å². The number of amides is 1. The van der Waals surface area contributed by atoms with Crippen LogP contribution in [0.4, 0.5) is 5.69 Å². The molecule has 1 fully saturated rings. The van der Waals surface area contributed by atoms with Gasteiger partial charge in [0.25, 0.3) is 5.91 Å². The summed E-state index contributed by atoms with van der Waals surface area (Å²) in [6, 6.07) is 7.54. The number of nitrogens with one attached hydrogen (secondary N) is 1. The van der Waals surface area contributed by atoms with Gasteiger partial charge in [0.15, 0.2) is 5.11 Å². The Bertz CT molecular complexity index is 824. The predicted octanol–water partition coefficient (Wildman–Crippen LogP) is 2.39. The summed E-state index contributed by atoms with van der Waals surface area (Å²) >= 11 is 5.31. The molecular formula is C17H18N4O2S. The summed E-state index contributed by atoms with van der Waals surface area (Å²) in [4.78, 5) is 14.2. The van der Waals surface area contributed by atoms with E-state index in [9.17, 15) is 4.79 Å². The third kappa shape index (κ3) is 3.03. The molecule has 1 N–H and O–H groups in total. The van der Waals surface area contributed by atoms with Crippen LogP contribution in [0.2, 0.25) is 0 Å². The molecule has 0 atom stereocenters. The number of aryl methyl sites for hydroxylation is 2. The minimum Gasteiger partial charge on any atom is -0.494 e. The van der Waals surface area contributed by atoms with E-state index in [2.05, 4.69) is 10.4 Å².